The van der Waals surface area contributed by atoms with Crippen LogP contribution in [0.3, 0.4) is 0 Å². The number of anilines is 6. The van der Waals surface area contributed by atoms with Crippen LogP contribution in [0.15, 0.2) is 71.6 Å². The number of piperazine rings is 1. The van der Waals surface area contributed by atoms with Gasteiger partial charge in [0.15, 0.2) is 0 Å². The van der Waals surface area contributed by atoms with Crippen molar-refractivity contribution in [2.45, 2.75) is 51.2 Å². The molecule has 1 atom stereocenters. The molecule has 0 bridgehead atoms. The van der Waals surface area contributed by atoms with Crippen molar-refractivity contribution in [3.63, 3.8) is 0 Å². The van der Waals surface area contributed by atoms with E-state index in [4.69, 9.17) is 9.72 Å². The average Bonchev–Trinajstić information content (AvgIpc) is 3.23. The fraction of sp³-hybridized carbons (Fsp3) is 0.395. The molecule has 60 heavy (non-hydrogen) atoms. The normalized spacial score (nSPS) is 18.4. The van der Waals surface area contributed by atoms with Crippen LogP contribution in [0.4, 0.5) is 34.5 Å². The predicted molar refractivity (Wildman–Crippen MR) is 241 cm³/mol. The lowest BCUT2D eigenvalue weighted by Gasteiger charge is -2.43. The third-order valence-electron chi connectivity index (χ3n) is 11.6. The molecular weight excluding hydrogens is 845 g/mol. The maximum Gasteiger partial charge on any atom is 0.249 e. The third kappa shape index (κ3) is 9.26. The topological polar surface area (TPSA) is 170 Å². The lowest BCUT2D eigenvalue weighted by molar-refractivity contribution is -0.133. The van der Waals surface area contributed by atoms with Crippen molar-refractivity contribution >= 4 is 85.7 Å². The first-order chi connectivity index (χ1) is 28.9. The zero-order chi connectivity index (χ0) is 42.0. The zero-order valence-electron chi connectivity index (χ0n) is 34.4. The summed E-state index contributed by atoms with van der Waals surface area (Å²) >= 11 is 3.59. The Bertz CT molecular complexity index is 2450. The van der Waals surface area contributed by atoms with Gasteiger partial charge in [0.25, 0.3) is 0 Å². The van der Waals surface area contributed by atoms with Gasteiger partial charge in [-0.3, -0.25) is 34.7 Å². The summed E-state index contributed by atoms with van der Waals surface area (Å²) < 4.78 is 20.0. The minimum absolute atomic E-state index is 0.205. The second-order valence-corrected chi connectivity index (χ2v) is 20.1. The number of hydrogen-bond acceptors (Lipinski definition) is 14. The van der Waals surface area contributed by atoms with Crippen molar-refractivity contribution in [2.75, 3.05) is 80.6 Å². The van der Waals surface area contributed by atoms with E-state index < -0.39 is 13.2 Å². The molecule has 5 heterocycles. The van der Waals surface area contributed by atoms with Crippen molar-refractivity contribution in [1.29, 1.82) is 0 Å². The zero-order valence-corrected chi connectivity index (χ0v) is 36.9. The molecule has 0 radical (unpaired) electrons. The van der Waals surface area contributed by atoms with Crippen LogP contribution in [0.2, 0.25) is 0 Å². The third-order valence-corrected chi connectivity index (χ3v) is 13.7. The van der Waals surface area contributed by atoms with Crippen molar-refractivity contribution in [3.05, 3.63) is 82.7 Å². The number of ether oxygens (including phenoxy) is 1. The SMILES string of the molecule is COc1cc(N2CCC(N3CCN(Cc4ccccc4NC4CCC(=O)NC4=O)CC3)CC2)c(C)cc1Nc1ncc(Br)c(Nc2ccc3nccnc3c2P(C)(C)=O)n1. The number of halogens is 1. The van der Waals surface area contributed by atoms with Crippen LogP contribution < -0.4 is 36.2 Å². The number of hydrogen-bond donors (Lipinski definition) is 4. The van der Waals surface area contributed by atoms with Gasteiger partial charge in [-0.1, -0.05) is 18.2 Å². The first-order valence-corrected chi connectivity index (χ1v) is 23.8. The van der Waals surface area contributed by atoms with Crippen molar-refractivity contribution in [1.82, 2.24) is 35.1 Å². The Labute approximate surface area is 358 Å². The number of methoxy groups -OCH3 is 1. The largest absolute Gasteiger partial charge is 0.494 e. The summed E-state index contributed by atoms with van der Waals surface area (Å²) in [6.07, 6.45) is 7.94. The van der Waals surface area contributed by atoms with Crippen LogP contribution in [0.25, 0.3) is 11.0 Å². The average molecular weight is 897 g/mol. The monoisotopic (exact) mass is 895 g/mol. The Balaban J connectivity index is 0.876. The number of aryl methyl sites for hydroxylation is 1. The molecule has 0 spiro atoms. The highest BCUT2D eigenvalue weighted by Crippen LogP contribution is 2.42. The number of nitrogens with zero attached hydrogens (tertiary/aromatic N) is 7. The van der Waals surface area contributed by atoms with Crippen LogP contribution >= 0.6 is 23.1 Å². The van der Waals surface area contributed by atoms with E-state index in [1.807, 2.05) is 30.3 Å². The molecule has 8 rings (SSSR count). The summed E-state index contributed by atoms with van der Waals surface area (Å²) in [4.78, 5) is 49.9. The fourth-order valence-electron chi connectivity index (χ4n) is 8.53. The molecule has 3 aliphatic rings. The fourth-order valence-corrected chi connectivity index (χ4v) is 10.2. The van der Waals surface area contributed by atoms with E-state index in [0.29, 0.717) is 62.9 Å². The molecule has 15 nitrogen and oxygen atoms in total. The number of aromatic nitrogens is 4. The van der Waals surface area contributed by atoms with Crippen molar-refractivity contribution < 1.29 is 18.9 Å². The van der Waals surface area contributed by atoms with Gasteiger partial charge in [-0.05, 0) is 90.8 Å². The summed E-state index contributed by atoms with van der Waals surface area (Å²) in [5, 5.41) is 13.2. The molecule has 2 aromatic heterocycles. The molecule has 2 amide bonds. The maximum absolute atomic E-state index is 13.5. The van der Waals surface area contributed by atoms with Crippen LogP contribution in [-0.2, 0) is 20.7 Å². The van der Waals surface area contributed by atoms with E-state index in [-0.39, 0.29) is 11.8 Å². The Morgan fingerprint density at radius 3 is 2.42 bits per heavy atom. The molecule has 0 aliphatic carbocycles. The lowest BCUT2D eigenvalue weighted by atomic mass is 10.00. The molecule has 3 saturated heterocycles. The minimum Gasteiger partial charge on any atom is -0.494 e. The number of amides is 2. The van der Waals surface area contributed by atoms with Crippen LogP contribution in [0.5, 0.6) is 5.75 Å². The van der Waals surface area contributed by atoms with Crippen molar-refractivity contribution in [3.8, 4) is 5.75 Å². The molecule has 4 N–H and O–H groups in total. The van der Waals surface area contributed by atoms with Gasteiger partial charge in [0.05, 0.1) is 33.8 Å². The molecule has 5 aromatic rings. The number of piperidine rings is 2. The van der Waals surface area contributed by atoms with Gasteiger partial charge in [0, 0.05) is 94.3 Å². The van der Waals surface area contributed by atoms with E-state index in [2.05, 4.69) is 92.0 Å². The molecule has 3 fully saturated rings. The first kappa shape index (κ1) is 41.6. The van der Waals surface area contributed by atoms with E-state index in [1.165, 1.54) is 0 Å². The molecular formula is C43H51BrN11O4P. The second kappa shape index (κ2) is 17.8. The highest BCUT2D eigenvalue weighted by Gasteiger charge is 2.30. The number of fused-ring (bicyclic) bond motifs is 1. The summed E-state index contributed by atoms with van der Waals surface area (Å²) in [5.74, 6) is 1.11. The molecule has 314 valence electrons. The van der Waals surface area contributed by atoms with Gasteiger partial charge in [-0.15, -0.1) is 0 Å². The van der Waals surface area contributed by atoms with Gasteiger partial charge in [0.1, 0.15) is 30.3 Å². The van der Waals surface area contributed by atoms with E-state index >= 15 is 0 Å². The molecule has 0 saturated carbocycles. The van der Waals surface area contributed by atoms with E-state index in [0.717, 1.165) is 86.8 Å². The van der Waals surface area contributed by atoms with Crippen LogP contribution in [0, 0.1) is 6.92 Å². The summed E-state index contributed by atoms with van der Waals surface area (Å²) in [6, 6.07) is 16.2. The smallest absolute Gasteiger partial charge is 0.249 e. The number of imide groups is 1. The number of nitrogens with one attached hydrogen (secondary N) is 4. The number of rotatable bonds is 12. The first-order valence-electron chi connectivity index (χ1n) is 20.4. The van der Waals surface area contributed by atoms with Gasteiger partial charge in [-0.2, -0.15) is 4.98 Å². The summed E-state index contributed by atoms with van der Waals surface area (Å²) in [6.45, 7) is 12.3. The Morgan fingerprint density at radius 1 is 0.900 bits per heavy atom. The number of carbonyl (C=O) groups is 2. The van der Waals surface area contributed by atoms with Gasteiger partial charge < -0.3 is 30.2 Å². The Morgan fingerprint density at radius 2 is 1.67 bits per heavy atom. The number of benzene rings is 3. The van der Waals surface area contributed by atoms with Gasteiger partial charge in [-0.25, -0.2) is 4.98 Å². The highest BCUT2D eigenvalue weighted by molar-refractivity contribution is 9.10. The van der Waals surface area contributed by atoms with Crippen LogP contribution in [-0.4, -0.2) is 113 Å². The standard InChI is InChI=1S/C43H51BrN11O4P/c1-27-23-35(50-43-47-25-30(44)41(52-43)49-33-10-9-32-39(46-16-15-45-32)40(33)60(3,4)58)37(59-2)24-36(27)55-17-13-29(14-18-55)54-21-19-53(20-22-54)26-28-7-5-6-8-31(28)48-34-11-12-38(56)51-42(34)57/h5-10,15-16,23-25,29,34,48H,11-14,17-22,26H2,1-4H3,(H,51,56,57)(H2,47,49,50,52). The molecule has 1 unspecified atom stereocenters. The number of carbonyl (C=O) groups excluding carboxylic acids is 2. The summed E-state index contributed by atoms with van der Waals surface area (Å²) in [7, 11) is -1.09. The van der Waals surface area contributed by atoms with E-state index in [1.54, 1.807) is 39.0 Å². The van der Waals surface area contributed by atoms with E-state index in [9.17, 15) is 14.2 Å². The molecule has 3 aliphatic heterocycles. The van der Waals surface area contributed by atoms with Crippen molar-refractivity contribution in [2.24, 2.45) is 0 Å². The Kier molecular flexibility index (Phi) is 12.4. The van der Waals surface area contributed by atoms with Crippen LogP contribution in [0.1, 0.15) is 36.8 Å². The second-order valence-electron chi connectivity index (χ2n) is 16.1. The predicted octanol–water partition coefficient (Wildman–Crippen LogP) is 6.24. The quantitative estimate of drug-likeness (QED) is 0.0821. The lowest BCUT2D eigenvalue weighted by Crippen LogP contribution is -2.53. The molecule has 17 heteroatoms. The summed E-state index contributed by atoms with van der Waals surface area (Å²) in [5.41, 5.74) is 7.06. The minimum atomic E-state index is -2.77. The highest BCUT2D eigenvalue weighted by atomic mass is 79.9. The van der Waals surface area contributed by atoms with Gasteiger partial charge >= 0.3 is 0 Å². The van der Waals surface area contributed by atoms with Gasteiger partial charge in [0.2, 0.25) is 17.8 Å². The maximum atomic E-state index is 13.5. The Hall–Kier alpha value is -5.15. The molecule has 3 aromatic carbocycles. The number of para-hydroxylation sites is 1.